The van der Waals surface area contributed by atoms with Crippen molar-refractivity contribution in [2.75, 3.05) is 13.1 Å². The molecule has 0 aliphatic carbocycles. The lowest BCUT2D eigenvalue weighted by atomic mass is 9.82. The van der Waals surface area contributed by atoms with Crippen molar-refractivity contribution in [3.63, 3.8) is 0 Å². The average molecular weight is 358 g/mol. The minimum absolute atomic E-state index is 0.103. The third-order valence-corrected chi connectivity index (χ3v) is 6.26. The van der Waals surface area contributed by atoms with Gasteiger partial charge in [0.25, 0.3) is 0 Å². The molecule has 1 fully saturated rings. The molecule has 21 heavy (non-hydrogen) atoms. The van der Waals surface area contributed by atoms with Gasteiger partial charge in [-0.2, -0.15) is 5.10 Å². The van der Waals surface area contributed by atoms with E-state index in [9.17, 15) is 5.11 Å². The van der Waals surface area contributed by atoms with Crippen LogP contribution in [0.25, 0.3) is 0 Å². The molecule has 2 rings (SSSR count). The first-order chi connectivity index (χ1) is 9.96. The van der Waals surface area contributed by atoms with E-state index < -0.39 is 0 Å². The summed E-state index contributed by atoms with van der Waals surface area (Å²) in [7, 11) is 1.95. The number of aliphatic hydroxyl groups is 1. The Morgan fingerprint density at radius 2 is 1.86 bits per heavy atom. The van der Waals surface area contributed by atoms with Crippen molar-refractivity contribution in [3.8, 4) is 0 Å². The lowest BCUT2D eigenvalue weighted by Gasteiger charge is -2.44. The largest absolute Gasteiger partial charge is 0.391 e. The minimum Gasteiger partial charge on any atom is -0.391 e. The Morgan fingerprint density at radius 3 is 2.29 bits per heavy atom. The molecule has 1 atom stereocenters. The molecule has 1 aromatic rings. The highest BCUT2D eigenvalue weighted by atomic mass is 79.9. The van der Waals surface area contributed by atoms with E-state index in [0.29, 0.717) is 6.42 Å². The van der Waals surface area contributed by atoms with Crippen LogP contribution in [0.15, 0.2) is 4.47 Å². The van der Waals surface area contributed by atoms with Gasteiger partial charge in [-0.3, -0.25) is 9.58 Å². The zero-order chi connectivity index (χ0) is 15.6. The highest BCUT2D eigenvalue weighted by Gasteiger charge is 2.41. The Bertz CT molecular complexity index is 476. The fraction of sp³-hybridized carbons (Fsp3) is 0.812. The smallest absolute Gasteiger partial charge is 0.0779 e. The highest BCUT2D eigenvalue weighted by Crippen LogP contribution is 2.34. The maximum atomic E-state index is 11.0. The molecule has 1 aliphatic rings. The second-order valence-corrected chi connectivity index (χ2v) is 6.99. The van der Waals surface area contributed by atoms with Gasteiger partial charge in [0.05, 0.1) is 22.0 Å². The molecule has 1 aromatic heterocycles. The Hall–Kier alpha value is -0.390. The Balaban J connectivity index is 2.24. The van der Waals surface area contributed by atoms with Crippen LogP contribution in [-0.2, 0) is 13.5 Å². The molecule has 1 unspecified atom stereocenters. The number of likely N-dealkylation sites (tertiary alicyclic amines) is 1. The molecule has 0 bridgehead atoms. The molecule has 0 amide bonds. The van der Waals surface area contributed by atoms with Crippen molar-refractivity contribution in [2.24, 2.45) is 7.05 Å². The summed E-state index contributed by atoms with van der Waals surface area (Å²) in [5.41, 5.74) is 1.97. The molecule has 120 valence electrons. The van der Waals surface area contributed by atoms with Gasteiger partial charge in [0.2, 0.25) is 0 Å². The summed E-state index contributed by atoms with van der Waals surface area (Å²) < 4.78 is 2.93. The summed E-state index contributed by atoms with van der Waals surface area (Å²) in [5, 5.41) is 15.5. The predicted molar refractivity (Wildman–Crippen MR) is 89.5 cm³/mol. The summed E-state index contributed by atoms with van der Waals surface area (Å²) in [6.07, 6.45) is 4.76. The van der Waals surface area contributed by atoms with Crippen LogP contribution in [0.2, 0.25) is 0 Å². The summed E-state index contributed by atoms with van der Waals surface area (Å²) >= 11 is 3.62. The number of nitrogens with zero attached hydrogens (tertiary/aromatic N) is 3. The first-order valence-electron chi connectivity index (χ1n) is 8.07. The molecule has 1 aliphatic heterocycles. The fourth-order valence-electron chi connectivity index (χ4n) is 3.82. The summed E-state index contributed by atoms with van der Waals surface area (Å²) in [6, 6.07) is 0. The standard InChI is InChI=1S/C16H28BrN3O/c1-5-16(6-2,20-9-7-8-10-20)14(21)11-13-15(17)12(3)18-19(13)4/h14,21H,5-11H2,1-4H3. The quantitative estimate of drug-likeness (QED) is 0.850. The second-order valence-electron chi connectivity index (χ2n) is 6.19. The Labute approximate surface area is 136 Å². The predicted octanol–water partition coefficient (Wildman–Crippen LogP) is 3.05. The number of hydrogen-bond donors (Lipinski definition) is 1. The van der Waals surface area contributed by atoms with E-state index in [0.717, 1.165) is 41.8 Å². The molecule has 1 saturated heterocycles. The van der Waals surface area contributed by atoms with Crippen molar-refractivity contribution < 1.29 is 5.11 Å². The van der Waals surface area contributed by atoms with Crippen LogP contribution in [-0.4, -0.2) is 44.5 Å². The molecule has 0 saturated carbocycles. The number of aryl methyl sites for hydroxylation is 2. The molecule has 0 aromatic carbocycles. The van der Waals surface area contributed by atoms with Crippen molar-refractivity contribution in [1.29, 1.82) is 0 Å². The first-order valence-corrected chi connectivity index (χ1v) is 8.86. The van der Waals surface area contributed by atoms with E-state index in [4.69, 9.17) is 0 Å². The molecule has 4 nitrogen and oxygen atoms in total. The van der Waals surface area contributed by atoms with Crippen molar-refractivity contribution in [3.05, 3.63) is 15.9 Å². The van der Waals surface area contributed by atoms with Gasteiger partial charge in [-0.05, 0) is 61.6 Å². The topological polar surface area (TPSA) is 41.3 Å². The van der Waals surface area contributed by atoms with E-state index in [1.165, 1.54) is 12.8 Å². The third kappa shape index (κ3) is 3.06. The van der Waals surface area contributed by atoms with Crippen LogP contribution >= 0.6 is 15.9 Å². The summed E-state index contributed by atoms with van der Waals surface area (Å²) in [5.74, 6) is 0. The Morgan fingerprint density at radius 1 is 1.29 bits per heavy atom. The van der Waals surface area contributed by atoms with Gasteiger partial charge in [0.15, 0.2) is 0 Å². The number of hydrogen-bond acceptors (Lipinski definition) is 3. The van der Waals surface area contributed by atoms with Gasteiger partial charge in [-0.1, -0.05) is 13.8 Å². The normalized spacial score (nSPS) is 18.4. The third-order valence-electron chi connectivity index (χ3n) is 5.23. The number of halogens is 1. The van der Waals surface area contributed by atoms with E-state index in [1.54, 1.807) is 0 Å². The van der Waals surface area contributed by atoms with E-state index in [1.807, 2.05) is 18.7 Å². The van der Waals surface area contributed by atoms with Gasteiger partial charge in [-0.15, -0.1) is 0 Å². The van der Waals surface area contributed by atoms with E-state index in [2.05, 4.69) is 39.8 Å². The molecule has 2 heterocycles. The van der Waals surface area contributed by atoms with Crippen LogP contribution in [0.1, 0.15) is 50.9 Å². The molecular formula is C16H28BrN3O. The van der Waals surface area contributed by atoms with Crippen molar-refractivity contribution in [2.45, 2.75) is 64.5 Å². The van der Waals surface area contributed by atoms with Crippen molar-refractivity contribution >= 4 is 15.9 Å². The number of rotatable bonds is 6. The lowest BCUT2D eigenvalue weighted by molar-refractivity contribution is -0.0278. The van der Waals surface area contributed by atoms with Crippen LogP contribution in [0.4, 0.5) is 0 Å². The first kappa shape index (κ1) is 17.0. The highest BCUT2D eigenvalue weighted by molar-refractivity contribution is 9.10. The van der Waals surface area contributed by atoms with Gasteiger partial charge in [-0.25, -0.2) is 0 Å². The van der Waals surface area contributed by atoms with Gasteiger partial charge in [0.1, 0.15) is 0 Å². The Kier molecular flexibility index (Phi) is 5.49. The maximum absolute atomic E-state index is 11.0. The van der Waals surface area contributed by atoms with Gasteiger partial charge >= 0.3 is 0 Å². The van der Waals surface area contributed by atoms with E-state index in [-0.39, 0.29) is 11.6 Å². The van der Waals surface area contributed by atoms with Crippen LogP contribution in [0.5, 0.6) is 0 Å². The fourth-order valence-corrected chi connectivity index (χ4v) is 4.31. The SMILES string of the molecule is CCC(CC)(C(O)Cc1c(Br)c(C)nn1C)N1CCCC1. The van der Waals surface area contributed by atoms with Gasteiger partial charge in [0, 0.05) is 19.0 Å². The van der Waals surface area contributed by atoms with Crippen LogP contribution < -0.4 is 0 Å². The molecular weight excluding hydrogens is 330 g/mol. The maximum Gasteiger partial charge on any atom is 0.0779 e. The van der Waals surface area contributed by atoms with Crippen molar-refractivity contribution in [1.82, 2.24) is 14.7 Å². The van der Waals surface area contributed by atoms with Crippen LogP contribution in [0, 0.1) is 6.92 Å². The number of aliphatic hydroxyl groups excluding tert-OH is 1. The summed E-state index contributed by atoms with van der Waals surface area (Å²) in [4.78, 5) is 2.51. The molecule has 0 spiro atoms. The van der Waals surface area contributed by atoms with E-state index >= 15 is 0 Å². The molecule has 1 N–H and O–H groups in total. The zero-order valence-electron chi connectivity index (χ0n) is 13.7. The van der Waals surface area contributed by atoms with Gasteiger partial charge < -0.3 is 5.11 Å². The monoisotopic (exact) mass is 357 g/mol. The minimum atomic E-state index is -0.364. The lowest BCUT2D eigenvalue weighted by Crippen LogP contribution is -2.55. The number of aromatic nitrogens is 2. The second kappa shape index (κ2) is 6.80. The molecule has 5 heteroatoms. The summed E-state index contributed by atoms with van der Waals surface area (Å²) in [6.45, 7) is 8.63. The van der Waals surface area contributed by atoms with Crippen LogP contribution in [0.3, 0.4) is 0 Å². The average Bonchev–Trinajstić information content (AvgIpc) is 3.07. The zero-order valence-corrected chi connectivity index (χ0v) is 15.3. The molecule has 0 radical (unpaired) electrons.